The van der Waals surface area contributed by atoms with Crippen LogP contribution in [0.15, 0.2) is 22.6 Å². The highest BCUT2D eigenvalue weighted by Gasteiger charge is 2.18. The molecule has 0 fully saturated rings. The quantitative estimate of drug-likeness (QED) is 0.840. The summed E-state index contributed by atoms with van der Waals surface area (Å²) in [5.41, 5.74) is -0.217. The van der Waals surface area contributed by atoms with Crippen LogP contribution < -0.4 is 14.8 Å². The van der Waals surface area contributed by atoms with Crippen LogP contribution in [0.2, 0.25) is 0 Å². The summed E-state index contributed by atoms with van der Waals surface area (Å²) in [6.07, 6.45) is 0. The van der Waals surface area contributed by atoms with E-state index < -0.39 is 17.7 Å². The van der Waals surface area contributed by atoms with Gasteiger partial charge in [-0.2, -0.15) is 0 Å². The van der Waals surface area contributed by atoms with Crippen LogP contribution in [0.4, 0.5) is 4.39 Å². The second-order valence-corrected chi connectivity index (χ2v) is 4.86. The minimum atomic E-state index is -1.13. The Labute approximate surface area is 137 Å². The van der Waals surface area contributed by atoms with Crippen LogP contribution in [-0.2, 0) is 6.54 Å². The lowest BCUT2D eigenvalue weighted by Gasteiger charge is -2.10. The van der Waals surface area contributed by atoms with Gasteiger partial charge in [0.25, 0.3) is 5.91 Å². The summed E-state index contributed by atoms with van der Waals surface area (Å²) >= 11 is 0. The van der Waals surface area contributed by atoms with Crippen LogP contribution in [0.5, 0.6) is 11.5 Å². The first-order chi connectivity index (χ1) is 11.4. The first-order valence-electron chi connectivity index (χ1n) is 6.89. The van der Waals surface area contributed by atoms with Crippen LogP contribution in [0, 0.1) is 12.7 Å². The van der Waals surface area contributed by atoms with E-state index in [9.17, 15) is 14.0 Å². The van der Waals surface area contributed by atoms with Crippen LogP contribution in [-0.4, -0.2) is 31.2 Å². The number of aromatic carboxylic acids is 1. The second-order valence-electron chi connectivity index (χ2n) is 4.86. The molecule has 1 aromatic heterocycles. The van der Waals surface area contributed by atoms with Gasteiger partial charge in [0.05, 0.1) is 26.3 Å². The molecule has 1 aromatic carbocycles. The van der Waals surface area contributed by atoms with Gasteiger partial charge in [-0.05, 0) is 19.1 Å². The molecule has 0 atom stereocenters. The average Bonchev–Trinajstić information content (AvgIpc) is 2.93. The molecule has 24 heavy (non-hydrogen) atoms. The van der Waals surface area contributed by atoms with Crippen LogP contribution >= 0.6 is 0 Å². The zero-order valence-electron chi connectivity index (χ0n) is 13.3. The largest absolute Gasteiger partial charge is 0.493 e. The number of methoxy groups -OCH3 is 2. The van der Waals surface area contributed by atoms with Gasteiger partial charge in [-0.25, -0.2) is 9.18 Å². The molecule has 0 saturated carbocycles. The maximum Gasteiger partial charge on any atom is 0.339 e. The standard InChI is InChI=1S/C16H16FNO6/c1-8-10(16(20)21)4-9(24-8)7-18-15(19)11-5-13(22-2)14(23-3)6-12(11)17/h4-6H,7H2,1-3H3,(H,18,19)(H,20,21). The van der Waals surface area contributed by atoms with Crippen molar-refractivity contribution in [1.82, 2.24) is 5.32 Å². The molecule has 7 nitrogen and oxygen atoms in total. The highest BCUT2D eigenvalue weighted by molar-refractivity contribution is 5.95. The Morgan fingerprint density at radius 3 is 2.33 bits per heavy atom. The zero-order chi connectivity index (χ0) is 17.9. The summed E-state index contributed by atoms with van der Waals surface area (Å²) in [7, 11) is 2.73. The molecule has 0 aliphatic rings. The summed E-state index contributed by atoms with van der Waals surface area (Å²) < 4.78 is 29.2. The van der Waals surface area contributed by atoms with Gasteiger partial charge >= 0.3 is 5.97 Å². The van der Waals surface area contributed by atoms with E-state index in [0.717, 1.165) is 6.07 Å². The SMILES string of the molecule is COc1cc(F)c(C(=O)NCc2cc(C(=O)O)c(C)o2)cc1OC. The summed E-state index contributed by atoms with van der Waals surface area (Å²) in [6, 6.07) is 3.58. The van der Waals surface area contributed by atoms with Gasteiger partial charge < -0.3 is 24.3 Å². The molecule has 8 heteroatoms. The Hall–Kier alpha value is -3.03. The molecule has 0 aliphatic heterocycles. The van der Waals surface area contributed by atoms with Crippen molar-refractivity contribution >= 4 is 11.9 Å². The number of rotatable bonds is 6. The molecule has 0 radical (unpaired) electrons. The van der Waals surface area contributed by atoms with E-state index in [4.69, 9.17) is 19.0 Å². The lowest BCUT2D eigenvalue weighted by atomic mass is 10.1. The van der Waals surface area contributed by atoms with E-state index >= 15 is 0 Å². The Balaban J connectivity index is 2.15. The van der Waals surface area contributed by atoms with E-state index in [1.165, 1.54) is 33.3 Å². The van der Waals surface area contributed by atoms with Crippen molar-refractivity contribution in [2.75, 3.05) is 14.2 Å². The van der Waals surface area contributed by atoms with Gasteiger partial charge in [0, 0.05) is 6.07 Å². The first kappa shape index (κ1) is 17.3. The van der Waals surface area contributed by atoms with E-state index in [0.29, 0.717) is 0 Å². The number of carboxylic acids is 1. The van der Waals surface area contributed by atoms with Crippen molar-refractivity contribution in [2.45, 2.75) is 13.5 Å². The van der Waals surface area contributed by atoms with Crippen LogP contribution in [0.25, 0.3) is 0 Å². The molecule has 0 unspecified atom stereocenters. The number of aryl methyl sites for hydroxylation is 1. The van der Waals surface area contributed by atoms with Gasteiger partial charge in [-0.15, -0.1) is 0 Å². The van der Waals surface area contributed by atoms with E-state index in [2.05, 4.69) is 5.32 Å². The maximum absolute atomic E-state index is 14.0. The topological polar surface area (TPSA) is 98.0 Å². The van der Waals surface area contributed by atoms with Crippen molar-refractivity contribution in [3.8, 4) is 11.5 Å². The average molecular weight is 337 g/mol. The zero-order valence-corrected chi connectivity index (χ0v) is 13.3. The van der Waals surface area contributed by atoms with Gasteiger partial charge in [-0.1, -0.05) is 0 Å². The van der Waals surface area contributed by atoms with E-state index in [1.54, 1.807) is 0 Å². The lowest BCUT2D eigenvalue weighted by Crippen LogP contribution is -2.23. The third kappa shape index (κ3) is 3.48. The fraction of sp³-hybridized carbons (Fsp3) is 0.250. The van der Waals surface area contributed by atoms with Crippen molar-refractivity contribution < 1.29 is 33.0 Å². The molecule has 0 bridgehead atoms. The maximum atomic E-state index is 14.0. The summed E-state index contributed by atoms with van der Waals surface area (Å²) in [6.45, 7) is 1.42. The molecule has 128 valence electrons. The number of furan rings is 1. The van der Waals surface area contributed by atoms with E-state index in [1.807, 2.05) is 0 Å². The molecular weight excluding hydrogens is 321 g/mol. The number of amides is 1. The smallest absolute Gasteiger partial charge is 0.339 e. The number of benzene rings is 1. The third-order valence-electron chi connectivity index (χ3n) is 3.34. The van der Waals surface area contributed by atoms with Gasteiger partial charge in [0.1, 0.15) is 22.9 Å². The van der Waals surface area contributed by atoms with Crippen LogP contribution in [0.3, 0.4) is 0 Å². The monoisotopic (exact) mass is 337 g/mol. The van der Waals surface area contributed by atoms with Crippen molar-refractivity contribution in [1.29, 1.82) is 0 Å². The van der Waals surface area contributed by atoms with Crippen molar-refractivity contribution in [3.63, 3.8) is 0 Å². The first-order valence-corrected chi connectivity index (χ1v) is 6.89. The fourth-order valence-corrected chi connectivity index (χ4v) is 2.13. The van der Waals surface area contributed by atoms with E-state index in [-0.39, 0.29) is 40.7 Å². The van der Waals surface area contributed by atoms with Gasteiger partial charge in [0.2, 0.25) is 0 Å². The molecule has 2 N–H and O–H groups in total. The minimum Gasteiger partial charge on any atom is -0.493 e. The third-order valence-corrected chi connectivity index (χ3v) is 3.34. The highest BCUT2D eigenvalue weighted by atomic mass is 19.1. The fourth-order valence-electron chi connectivity index (χ4n) is 2.13. The molecular formula is C16H16FNO6. The van der Waals surface area contributed by atoms with Gasteiger partial charge in [-0.3, -0.25) is 4.79 Å². The van der Waals surface area contributed by atoms with Gasteiger partial charge in [0.15, 0.2) is 11.5 Å². The number of nitrogens with one attached hydrogen (secondary N) is 1. The number of carbonyl (C=O) groups excluding carboxylic acids is 1. The number of halogens is 1. The molecule has 0 saturated heterocycles. The Bertz CT molecular complexity index is 783. The molecule has 2 aromatic rings. The number of hydrogen-bond acceptors (Lipinski definition) is 5. The predicted molar refractivity (Wildman–Crippen MR) is 81.1 cm³/mol. The lowest BCUT2D eigenvalue weighted by molar-refractivity contribution is 0.0694. The Morgan fingerprint density at radius 1 is 1.17 bits per heavy atom. The molecule has 1 heterocycles. The molecule has 0 aliphatic carbocycles. The minimum absolute atomic E-state index is 0.0107. The normalized spacial score (nSPS) is 10.3. The highest BCUT2D eigenvalue weighted by Crippen LogP contribution is 2.29. The van der Waals surface area contributed by atoms with Crippen molar-refractivity contribution in [3.05, 3.63) is 46.7 Å². The summed E-state index contributed by atoms with van der Waals surface area (Å²) in [4.78, 5) is 23.1. The number of carboxylic acid groups (broad SMARTS) is 1. The number of carbonyl (C=O) groups is 2. The van der Waals surface area contributed by atoms with Crippen molar-refractivity contribution in [2.24, 2.45) is 0 Å². The second kappa shape index (κ2) is 7.03. The number of hydrogen-bond donors (Lipinski definition) is 2. The molecule has 2 rings (SSSR count). The summed E-state index contributed by atoms with van der Waals surface area (Å²) in [5, 5.41) is 11.4. The predicted octanol–water partition coefficient (Wildman–Crippen LogP) is 2.37. The molecule has 0 spiro atoms. The molecule has 1 amide bonds. The Morgan fingerprint density at radius 2 is 1.79 bits per heavy atom. The van der Waals surface area contributed by atoms with Crippen LogP contribution in [0.1, 0.15) is 32.2 Å². The summed E-state index contributed by atoms with van der Waals surface area (Å²) in [5.74, 6) is -1.74. The Kier molecular flexibility index (Phi) is 5.08. The number of ether oxygens (including phenoxy) is 2.